The standard InChI is InChI=1S/C17H15Cl2N7O2/c1-17(2)9-25(13-8-20-7-12(19)14(13)28-17)16(27)24-10-5-11(18)15(21-6-10)26-22-3-4-23-26/h3-8H,9H2,1-2H3,(H,24,27). The summed E-state index contributed by atoms with van der Waals surface area (Å²) >= 11 is 12.5. The van der Waals surface area contributed by atoms with Crippen molar-refractivity contribution in [1.82, 2.24) is 25.0 Å². The monoisotopic (exact) mass is 419 g/mol. The number of pyridine rings is 2. The van der Waals surface area contributed by atoms with Crippen LogP contribution < -0.4 is 15.0 Å². The Bertz CT molecular complexity index is 1040. The van der Waals surface area contributed by atoms with E-state index in [1.54, 1.807) is 6.07 Å². The van der Waals surface area contributed by atoms with Gasteiger partial charge in [0.05, 0.1) is 42.0 Å². The maximum atomic E-state index is 12.9. The number of amides is 2. The van der Waals surface area contributed by atoms with Gasteiger partial charge in [-0.15, -0.1) is 4.80 Å². The Kier molecular flexibility index (Phi) is 4.56. The quantitative estimate of drug-likeness (QED) is 0.681. The molecule has 0 atom stereocenters. The lowest BCUT2D eigenvalue weighted by molar-refractivity contribution is 0.107. The average Bonchev–Trinajstić information content (AvgIpc) is 3.16. The third-order valence-corrected chi connectivity index (χ3v) is 4.52. The zero-order chi connectivity index (χ0) is 19.9. The van der Waals surface area contributed by atoms with Gasteiger partial charge < -0.3 is 10.1 Å². The lowest BCUT2D eigenvalue weighted by Crippen LogP contribution is -2.50. The molecule has 0 unspecified atom stereocenters. The second kappa shape index (κ2) is 6.92. The van der Waals surface area contributed by atoms with Gasteiger partial charge in [0, 0.05) is 6.20 Å². The van der Waals surface area contributed by atoms with Crippen molar-refractivity contribution in [2.24, 2.45) is 0 Å². The molecule has 1 N–H and O–H groups in total. The molecular formula is C17H15Cl2N7O2. The van der Waals surface area contributed by atoms with Crippen LogP contribution in [-0.4, -0.2) is 43.1 Å². The van der Waals surface area contributed by atoms with Crippen molar-refractivity contribution >= 4 is 40.6 Å². The van der Waals surface area contributed by atoms with Crippen LogP contribution in [0.15, 0.2) is 37.1 Å². The van der Waals surface area contributed by atoms with Crippen molar-refractivity contribution in [1.29, 1.82) is 0 Å². The normalized spacial score (nSPS) is 14.9. The average molecular weight is 420 g/mol. The topological polar surface area (TPSA) is 98.1 Å². The first-order valence-corrected chi connectivity index (χ1v) is 9.03. The number of aromatic nitrogens is 5. The molecule has 9 nitrogen and oxygen atoms in total. The molecule has 3 aromatic heterocycles. The van der Waals surface area contributed by atoms with Gasteiger partial charge in [0.25, 0.3) is 0 Å². The first-order valence-electron chi connectivity index (χ1n) is 8.27. The number of hydrogen-bond acceptors (Lipinski definition) is 6. The van der Waals surface area contributed by atoms with Crippen molar-refractivity contribution in [2.75, 3.05) is 16.8 Å². The number of anilines is 2. The lowest BCUT2D eigenvalue weighted by Gasteiger charge is -2.39. The van der Waals surface area contributed by atoms with E-state index in [-0.39, 0.29) is 6.03 Å². The molecule has 1 aliphatic rings. The second-order valence-electron chi connectivity index (χ2n) is 6.70. The van der Waals surface area contributed by atoms with Gasteiger partial charge in [-0.2, -0.15) is 10.2 Å². The molecule has 0 saturated carbocycles. The summed E-state index contributed by atoms with van der Waals surface area (Å²) in [5.74, 6) is 0.776. The van der Waals surface area contributed by atoms with E-state index in [9.17, 15) is 4.79 Å². The van der Waals surface area contributed by atoms with Gasteiger partial charge in [0.2, 0.25) is 0 Å². The van der Waals surface area contributed by atoms with Crippen molar-refractivity contribution in [3.8, 4) is 11.6 Å². The second-order valence-corrected chi connectivity index (χ2v) is 7.51. The molecule has 0 aliphatic carbocycles. The molecule has 0 spiro atoms. The largest absolute Gasteiger partial charge is 0.482 e. The molecule has 11 heteroatoms. The highest BCUT2D eigenvalue weighted by atomic mass is 35.5. The van der Waals surface area contributed by atoms with Crippen LogP contribution in [0.1, 0.15) is 13.8 Å². The number of fused-ring (bicyclic) bond motifs is 1. The summed E-state index contributed by atoms with van der Waals surface area (Å²) < 4.78 is 5.91. The number of hydrogen-bond donors (Lipinski definition) is 1. The molecule has 2 amide bonds. The Balaban J connectivity index is 1.61. The highest BCUT2D eigenvalue weighted by molar-refractivity contribution is 6.33. The van der Waals surface area contributed by atoms with Crippen LogP contribution in [0.2, 0.25) is 10.0 Å². The van der Waals surface area contributed by atoms with Crippen LogP contribution in [0.4, 0.5) is 16.2 Å². The fraction of sp³-hybridized carbons (Fsp3) is 0.235. The number of carbonyl (C=O) groups excluding carboxylic acids is 1. The third kappa shape index (κ3) is 3.46. The summed E-state index contributed by atoms with van der Waals surface area (Å²) in [4.78, 5) is 24.0. The predicted octanol–water partition coefficient (Wildman–Crippen LogP) is 3.57. The Morgan fingerprint density at radius 2 is 1.93 bits per heavy atom. The van der Waals surface area contributed by atoms with E-state index >= 15 is 0 Å². The van der Waals surface area contributed by atoms with Crippen molar-refractivity contribution in [3.63, 3.8) is 0 Å². The molecule has 3 aromatic rings. The molecule has 0 radical (unpaired) electrons. The van der Waals surface area contributed by atoms with Crippen molar-refractivity contribution in [3.05, 3.63) is 47.1 Å². The van der Waals surface area contributed by atoms with E-state index in [0.29, 0.717) is 39.5 Å². The number of nitrogens with one attached hydrogen (secondary N) is 1. The highest BCUT2D eigenvalue weighted by Gasteiger charge is 2.36. The molecule has 4 heterocycles. The Morgan fingerprint density at radius 1 is 1.18 bits per heavy atom. The summed E-state index contributed by atoms with van der Waals surface area (Å²) in [6.07, 6.45) is 7.53. The molecule has 144 valence electrons. The van der Waals surface area contributed by atoms with Gasteiger partial charge >= 0.3 is 6.03 Å². The summed E-state index contributed by atoms with van der Waals surface area (Å²) in [6.45, 7) is 4.05. The number of carbonyl (C=O) groups is 1. The summed E-state index contributed by atoms with van der Waals surface area (Å²) in [6, 6.07) is 1.19. The Labute approximate surface area is 170 Å². The first kappa shape index (κ1) is 18.5. The van der Waals surface area contributed by atoms with Crippen molar-refractivity contribution < 1.29 is 9.53 Å². The Hall–Kier alpha value is -2.91. The van der Waals surface area contributed by atoms with E-state index in [0.717, 1.165) is 0 Å². The SMILES string of the molecule is CC1(C)CN(C(=O)Nc2cnc(-n3nccn3)c(Cl)c2)c2cncc(Cl)c2O1. The molecule has 0 fully saturated rings. The Morgan fingerprint density at radius 3 is 2.64 bits per heavy atom. The predicted molar refractivity (Wildman–Crippen MR) is 104 cm³/mol. The van der Waals surface area contributed by atoms with Gasteiger partial charge in [-0.3, -0.25) is 9.88 Å². The highest BCUT2D eigenvalue weighted by Crippen LogP contribution is 2.41. The van der Waals surface area contributed by atoms with Crippen LogP contribution in [0.5, 0.6) is 5.75 Å². The zero-order valence-corrected chi connectivity index (χ0v) is 16.4. The van der Waals surface area contributed by atoms with Crippen LogP contribution in [-0.2, 0) is 0 Å². The van der Waals surface area contributed by atoms with E-state index in [1.807, 2.05) is 13.8 Å². The molecule has 0 aromatic carbocycles. The molecule has 0 bridgehead atoms. The van der Waals surface area contributed by atoms with Gasteiger partial charge in [-0.1, -0.05) is 23.2 Å². The first-order chi connectivity index (χ1) is 13.3. The van der Waals surface area contributed by atoms with Gasteiger partial charge in [-0.25, -0.2) is 9.78 Å². The molecule has 1 aliphatic heterocycles. The van der Waals surface area contributed by atoms with Crippen LogP contribution in [0.3, 0.4) is 0 Å². The van der Waals surface area contributed by atoms with Crippen LogP contribution in [0, 0.1) is 0 Å². The summed E-state index contributed by atoms with van der Waals surface area (Å²) in [5, 5.41) is 11.4. The van der Waals surface area contributed by atoms with Crippen molar-refractivity contribution in [2.45, 2.75) is 19.4 Å². The minimum atomic E-state index is -0.624. The van der Waals surface area contributed by atoms with E-state index in [1.165, 1.54) is 40.7 Å². The van der Waals surface area contributed by atoms with Gasteiger partial charge in [-0.05, 0) is 19.9 Å². The van der Waals surface area contributed by atoms with E-state index < -0.39 is 5.60 Å². The van der Waals surface area contributed by atoms with Crippen LogP contribution in [0.25, 0.3) is 5.82 Å². The zero-order valence-electron chi connectivity index (χ0n) is 14.9. The lowest BCUT2D eigenvalue weighted by atomic mass is 10.1. The van der Waals surface area contributed by atoms with E-state index in [4.69, 9.17) is 27.9 Å². The molecular weight excluding hydrogens is 405 g/mol. The number of halogens is 2. The molecule has 4 rings (SSSR count). The maximum Gasteiger partial charge on any atom is 0.326 e. The summed E-state index contributed by atoms with van der Waals surface area (Å²) in [7, 11) is 0. The minimum Gasteiger partial charge on any atom is -0.482 e. The van der Waals surface area contributed by atoms with E-state index in [2.05, 4.69) is 25.5 Å². The maximum absolute atomic E-state index is 12.9. The number of rotatable bonds is 2. The number of nitrogens with zero attached hydrogens (tertiary/aromatic N) is 6. The minimum absolute atomic E-state index is 0.293. The fourth-order valence-corrected chi connectivity index (χ4v) is 3.26. The molecule has 28 heavy (non-hydrogen) atoms. The van der Waals surface area contributed by atoms with Gasteiger partial charge in [0.1, 0.15) is 16.3 Å². The molecule has 0 saturated heterocycles. The van der Waals surface area contributed by atoms with Crippen LogP contribution >= 0.6 is 23.2 Å². The van der Waals surface area contributed by atoms with Gasteiger partial charge in [0.15, 0.2) is 11.6 Å². The smallest absolute Gasteiger partial charge is 0.326 e. The summed E-state index contributed by atoms with van der Waals surface area (Å²) in [5.41, 5.74) is 0.286. The number of ether oxygens (including phenoxy) is 1. The third-order valence-electron chi connectivity index (χ3n) is 3.97. The fourth-order valence-electron chi connectivity index (χ4n) is 2.82. The number of urea groups is 1.